The number of guanidine groups is 1. The normalized spacial score (nSPS) is 16.7. The SMILES string of the molecule is CCNC(=NCc1ccon1)N1CCN(Cc2ccon2)CC1. The molecule has 2 aromatic heterocycles. The highest BCUT2D eigenvalue weighted by molar-refractivity contribution is 5.80. The smallest absolute Gasteiger partial charge is 0.194 e. The van der Waals surface area contributed by atoms with Gasteiger partial charge >= 0.3 is 0 Å². The van der Waals surface area contributed by atoms with Crippen molar-refractivity contribution in [1.29, 1.82) is 0 Å². The standard InChI is InChI=1S/C15H22N6O2/c1-2-16-15(17-11-13-3-9-22-18-13)21-7-5-20(6-8-21)12-14-4-10-23-19-14/h3-4,9-10H,2,5-8,11-12H2,1H3,(H,16,17). The second-order valence-electron chi connectivity index (χ2n) is 5.41. The minimum Gasteiger partial charge on any atom is -0.364 e. The van der Waals surface area contributed by atoms with Crippen molar-refractivity contribution < 1.29 is 9.05 Å². The number of hydrogen-bond donors (Lipinski definition) is 1. The van der Waals surface area contributed by atoms with Crippen LogP contribution in [0.1, 0.15) is 18.3 Å². The maximum Gasteiger partial charge on any atom is 0.194 e. The molecule has 0 bridgehead atoms. The maximum atomic E-state index is 4.88. The van der Waals surface area contributed by atoms with E-state index in [1.54, 1.807) is 12.5 Å². The average Bonchev–Trinajstić information content (AvgIpc) is 3.26. The molecule has 8 nitrogen and oxygen atoms in total. The summed E-state index contributed by atoms with van der Waals surface area (Å²) in [4.78, 5) is 9.29. The van der Waals surface area contributed by atoms with Gasteiger partial charge in [0, 0.05) is 51.4 Å². The molecule has 2 aromatic rings. The molecule has 0 unspecified atom stereocenters. The van der Waals surface area contributed by atoms with Crippen LogP contribution in [0.2, 0.25) is 0 Å². The number of nitrogens with zero attached hydrogens (tertiary/aromatic N) is 5. The molecular formula is C15H22N6O2. The Labute approximate surface area is 135 Å². The van der Waals surface area contributed by atoms with Crippen molar-refractivity contribution in [1.82, 2.24) is 25.4 Å². The van der Waals surface area contributed by atoms with Gasteiger partial charge in [0.1, 0.15) is 18.2 Å². The third-order valence-corrected chi connectivity index (χ3v) is 3.77. The van der Waals surface area contributed by atoms with E-state index in [1.165, 1.54) is 0 Å². The maximum absolute atomic E-state index is 4.88. The van der Waals surface area contributed by atoms with E-state index in [0.717, 1.165) is 56.6 Å². The van der Waals surface area contributed by atoms with Gasteiger partial charge in [0.05, 0.1) is 12.2 Å². The molecule has 0 radical (unpaired) electrons. The molecule has 1 saturated heterocycles. The van der Waals surface area contributed by atoms with Crippen LogP contribution >= 0.6 is 0 Å². The fraction of sp³-hybridized carbons (Fsp3) is 0.533. The number of aliphatic imine (C=N–C) groups is 1. The van der Waals surface area contributed by atoms with Gasteiger partial charge in [-0.05, 0) is 6.92 Å². The van der Waals surface area contributed by atoms with Crippen molar-refractivity contribution in [3.8, 4) is 0 Å². The van der Waals surface area contributed by atoms with Gasteiger partial charge in [-0.1, -0.05) is 10.3 Å². The van der Waals surface area contributed by atoms with E-state index in [1.807, 2.05) is 12.1 Å². The first-order valence-corrected chi connectivity index (χ1v) is 7.89. The van der Waals surface area contributed by atoms with Gasteiger partial charge in [0.15, 0.2) is 5.96 Å². The van der Waals surface area contributed by atoms with E-state index in [0.29, 0.717) is 6.54 Å². The first-order chi connectivity index (χ1) is 11.3. The lowest BCUT2D eigenvalue weighted by Crippen LogP contribution is -2.52. The average molecular weight is 318 g/mol. The molecule has 1 fully saturated rings. The van der Waals surface area contributed by atoms with E-state index in [-0.39, 0.29) is 0 Å². The zero-order valence-electron chi connectivity index (χ0n) is 13.3. The van der Waals surface area contributed by atoms with Crippen molar-refractivity contribution >= 4 is 5.96 Å². The largest absolute Gasteiger partial charge is 0.364 e. The molecule has 3 heterocycles. The summed E-state index contributed by atoms with van der Waals surface area (Å²) in [5, 5.41) is 11.2. The molecule has 23 heavy (non-hydrogen) atoms. The lowest BCUT2D eigenvalue weighted by molar-refractivity contribution is 0.169. The molecule has 0 atom stereocenters. The van der Waals surface area contributed by atoms with Gasteiger partial charge in [-0.15, -0.1) is 0 Å². The monoisotopic (exact) mass is 318 g/mol. The van der Waals surface area contributed by atoms with Crippen molar-refractivity contribution in [2.24, 2.45) is 4.99 Å². The Morgan fingerprint density at radius 1 is 1.13 bits per heavy atom. The number of rotatable bonds is 5. The van der Waals surface area contributed by atoms with Crippen LogP contribution in [-0.2, 0) is 13.1 Å². The molecule has 1 N–H and O–H groups in total. The summed E-state index contributed by atoms with van der Waals surface area (Å²) >= 11 is 0. The third kappa shape index (κ3) is 4.32. The van der Waals surface area contributed by atoms with Crippen LogP contribution in [-0.4, -0.2) is 58.8 Å². The fourth-order valence-corrected chi connectivity index (χ4v) is 2.57. The number of aromatic nitrogens is 2. The summed E-state index contributed by atoms with van der Waals surface area (Å²) in [6, 6.07) is 3.75. The fourth-order valence-electron chi connectivity index (χ4n) is 2.57. The van der Waals surface area contributed by atoms with Crippen LogP contribution < -0.4 is 5.32 Å². The minimum atomic E-state index is 0.526. The van der Waals surface area contributed by atoms with Crippen molar-refractivity contribution in [3.05, 3.63) is 36.0 Å². The summed E-state index contributed by atoms with van der Waals surface area (Å²) in [7, 11) is 0. The molecule has 0 amide bonds. The molecule has 0 aromatic carbocycles. The Morgan fingerprint density at radius 3 is 2.43 bits per heavy atom. The molecule has 1 aliphatic rings. The van der Waals surface area contributed by atoms with Crippen LogP contribution in [0.4, 0.5) is 0 Å². The quantitative estimate of drug-likeness (QED) is 0.649. The second-order valence-corrected chi connectivity index (χ2v) is 5.41. The van der Waals surface area contributed by atoms with Crippen molar-refractivity contribution in [2.75, 3.05) is 32.7 Å². The lowest BCUT2D eigenvalue weighted by Gasteiger charge is -2.36. The molecule has 124 valence electrons. The van der Waals surface area contributed by atoms with Crippen molar-refractivity contribution in [3.63, 3.8) is 0 Å². The van der Waals surface area contributed by atoms with Crippen LogP contribution in [0.15, 0.2) is 38.7 Å². The van der Waals surface area contributed by atoms with E-state index < -0.39 is 0 Å². The summed E-state index contributed by atoms with van der Waals surface area (Å²) in [5.41, 5.74) is 1.81. The predicted octanol–water partition coefficient (Wildman–Crippen LogP) is 0.946. The Balaban J connectivity index is 1.53. The van der Waals surface area contributed by atoms with Crippen LogP contribution in [0, 0.1) is 0 Å². The highest BCUT2D eigenvalue weighted by Crippen LogP contribution is 2.08. The number of hydrogen-bond acceptors (Lipinski definition) is 6. The van der Waals surface area contributed by atoms with Crippen LogP contribution in [0.25, 0.3) is 0 Å². The zero-order valence-corrected chi connectivity index (χ0v) is 13.3. The van der Waals surface area contributed by atoms with Gasteiger partial charge in [-0.3, -0.25) is 4.90 Å². The van der Waals surface area contributed by atoms with E-state index in [9.17, 15) is 0 Å². The van der Waals surface area contributed by atoms with Gasteiger partial charge in [-0.25, -0.2) is 4.99 Å². The minimum absolute atomic E-state index is 0.526. The topological polar surface area (TPSA) is 82.9 Å². The molecular weight excluding hydrogens is 296 g/mol. The van der Waals surface area contributed by atoms with Gasteiger partial charge < -0.3 is 19.3 Å². The first kappa shape index (κ1) is 15.5. The number of piperazine rings is 1. The lowest BCUT2D eigenvalue weighted by atomic mass is 10.3. The Morgan fingerprint density at radius 2 is 1.83 bits per heavy atom. The van der Waals surface area contributed by atoms with Crippen molar-refractivity contribution in [2.45, 2.75) is 20.0 Å². The summed E-state index contributed by atoms with van der Waals surface area (Å²) in [6.45, 7) is 8.09. The predicted molar refractivity (Wildman–Crippen MR) is 84.7 cm³/mol. The van der Waals surface area contributed by atoms with Crippen LogP contribution in [0.5, 0.6) is 0 Å². The van der Waals surface area contributed by atoms with E-state index in [2.05, 4.69) is 37.3 Å². The first-order valence-electron chi connectivity index (χ1n) is 7.89. The third-order valence-electron chi connectivity index (χ3n) is 3.77. The zero-order chi connectivity index (χ0) is 15.9. The highest BCUT2D eigenvalue weighted by Gasteiger charge is 2.20. The molecule has 3 rings (SSSR count). The molecule has 0 spiro atoms. The summed E-state index contributed by atoms with van der Waals surface area (Å²) < 4.78 is 9.73. The summed E-state index contributed by atoms with van der Waals surface area (Å²) in [6.07, 6.45) is 3.19. The van der Waals surface area contributed by atoms with E-state index >= 15 is 0 Å². The molecule has 8 heteroatoms. The Kier molecular flexibility index (Phi) is 5.25. The van der Waals surface area contributed by atoms with E-state index in [4.69, 9.17) is 9.05 Å². The Hall–Kier alpha value is -2.35. The van der Waals surface area contributed by atoms with Gasteiger partial charge in [0.2, 0.25) is 0 Å². The molecule has 0 saturated carbocycles. The van der Waals surface area contributed by atoms with Gasteiger partial charge in [0.25, 0.3) is 0 Å². The van der Waals surface area contributed by atoms with Gasteiger partial charge in [-0.2, -0.15) is 0 Å². The number of nitrogens with one attached hydrogen (secondary N) is 1. The summed E-state index contributed by atoms with van der Waals surface area (Å²) in [5.74, 6) is 0.927. The molecule has 1 aliphatic heterocycles. The highest BCUT2D eigenvalue weighted by atomic mass is 16.5. The second kappa shape index (κ2) is 7.77. The van der Waals surface area contributed by atoms with Crippen LogP contribution in [0.3, 0.4) is 0 Å². The molecule has 0 aliphatic carbocycles. The Bertz CT molecular complexity index is 588.